The van der Waals surface area contributed by atoms with Crippen molar-refractivity contribution in [1.29, 1.82) is 0 Å². The fraction of sp³-hybridized carbons (Fsp3) is 0.619. The van der Waals surface area contributed by atoms with Gasteiger partial charge in [-0.2, -0.15) is 0 Å². The van der Waals surface area contributed by atoms with E-state index in [1.807, 2.05) is 30.3 Å². The Kier molecular flexibility index (Phi) is 4.63. The number of ether oxygens (including phenoxy) is 1. The number of hydrogen-bond donors (Lipinski definition) is 2. The summed E-state index contributed by atoms with van der Waals surface area (Å²) in [6.45, 7) is 0.202. The van der Waals surface area contributed by atoms with E-state index >= 15 is 0 Å². The fourth-order valence-corrected chi connectivity index (χ4v) is 6.11. The van der Waals surface area contributed by atoms with Gasteiger partial charge in [-0.3, -0.25) is 4.79 Å². The lowest BCUT2D eigenvalue weighted by Crippen LogP contribution is -2.57. The summed E-state index contributed by atoms with van der Waals surface area (Å²) in [5, 5.41) is 12.3. The molecule has 5 rings (SSSR count). The minimum absolute atomic E-state index is 0.0212. The lowest BCUT2D eigenvalue weighted by atomic mass is 9.47. The summed E-state index contributed by atoms with van der Waals surface area (Å²) in [4.78, 5) is 23.8. The Morgan fingerprint density at radius 3 is 2.19 bits per heavy atom. The predicted octanol–water partition coefficient (Wildman–Crippen LogP) is 3.97. The minimum Gasteiger partial charge on any atom is -0.481 e. The first kappa shape index (κ1) is 17.4. The van der Waals surface area contributed by atoms with Crippen molar-refractivity contribution in [1.82, 2.24) is 5.32 Å². The molecule has 5 nitrogen and oxygen atoms in total. The molecule has 1 amide bonds. The number of carbonyl (C=O) groups is 2. The van der Waals surface area contributed by atoms with E-state index < -0.39 is 12.1 Å². The van der Waals surface area contributed by atoms with Crippen LogP contribution in [0.4, 0.5) is 4.79 Å². The second kappa shape index (κ2) is 6.93. The fourth-order valence-electron chi connectivity index (χ4n) is 6.11. The highest BCUT2D eigenvalue weighted by Gasteiger charge is 2.54. The number of aliphatic carboxylic acids is 1. The van der Waals surface area contributed by atoms with E-state index in [4.69, 9.17) is 4.74 Å². The van der Waals surface area contributed by atoms with Gasteiger partial charge in [0.25, 0.3) is 0 Å². The van der Waals surface area contributed by atoms with E-state index in [1.165, 1.54) is 19.3 Å². The van der Waals surface area contributed by atoms with Crippen molar-refractivity contribution in [3.63, 3.8) is 0 Å². The van der Waals surface area contributed by atoms with Crippen molar-refractivity contribution < 1.29 is 19.4 Å². The highest BCUT2D eigenvalue weighted by molar-refractivity contribution is 5.71. The number of amides is 1. The molecule has 1 aromatic rings. The summed E-state index contributed by atoms with van der Waals surface area (Å²) in [5.41, 5.74) is 0.867. The third-order valence-corrected chi connectivity index (χ3v) is 6.71. The molecule has 0 aliphatic heterocycles. The molecule has 4 fully saturated rings. The average molecular weight is 357 g/mol. The van der Waals surface area contributed by atoms with Gasteiger partial charge in [-0.1, -0.05) is 30.3 Å². The minimum atomic E-state index is -0.853. The molecule has 4 bridgehead atoms. The molecule has 26 heavy (non-hydrogen) atoms. The largest absolute Gasteiger partial charge is 0.481 e. The van der Waals surface area contributed by atoms with Gasteiger partial charge in [0.05, 0.1) is 6.42 Å². The van der Waals surface area contributed by atoms with E-state index in [-0.39, 0.29) is 24.5 Å². The summed E-state index contributed by atoms with van der Waals surface area (Å²) < 4.78 is 5.36. The summed E-state index contributed by atoms with van der Waals surface area (Å²) in [5.74, 6) is 1.27. The molecule has 140 valence electrons. The van der Waals surface area contributed by atoms with Crippen LogP contribution in [0.2, 0.25) is 0 Å². The number of nitrogens with one attached hydrogen (secondary N) is 1. The van der Waals surface area contributed by atoms with Crippen LogP contribution in [0.25, 0.3) is 0 Å². The van der Waals surface area contributed by atoms with Crippen molar-refractivity contribution in [3.8, 4) is 0 Å². The first-order chi connectivity index (χ1) is 12.5. The zero-order chi connectivity index (χ0) is 18.1. The quantitative estimate of drug-likeness (QED) is 0.808. The molecular formula is C21H27NO4. The lowest BCUT2D eigenvalue weighted by Gasteiger charge is -2.59. The van der Waals surface area contributed by atoms with Crippen LogP contribution in [0, 0.1) is 23.2 Å². The van der Waals surface area contributed by atoms with Gasteiger partial charge in [-0.15, -0.1) is 0 Å². The topological polar surface area (TPSA) is 75.6 Å². The number of carbonyl (C=O) groups excluding carboxylic acids is 1. The van der Waals surface area contributed by atoms with Crippen LogP contribution in [0.1, 0.15) is 50.5 Å². The van der Waals surface area contributed by atoms with Gasteiger partial charge in [-0.25, -0.2) is 4.79 Å². The van der Waals surface area contributed by atoms with Crippen molar-refractivity contribution >= 4 is 12.1 Å². The summed E-state index contributed by atoms with van der Waals surface area (Å²) >= 11 is 0. The lowest BCUT2D eigenvalue weighted by molar-refractivity contribution is -0.141. The molecule has 0 aromatic heterocycles. The molecule has 4 aliphatic rings. The Hall–Kier alpha value is -2.04. The standard InChI is InChI=1S/C21H27NO4/c23-19(24)9-18(22-20(25)26-13-14-4-2-1-3-5-14)21-10-15-6-16(11-21)8-17(7-15)12-21/h1-5,15-18H,6-13H2,(H,22,25)(H,23,24). The van der Waals surface area contributed by atoms with Crippen LogP contribution in [-0.2, 0) is 16.1 Å². The predicted molar refractivity (Wildman–Crippen MR) is 96.4 cm³/mol. The number of carboxylic acids is 1. The zero-order valence-electron chi connectivity index (χ0n) is 15.0. The van der Waals surface area contributed by atoms with E-state index in [0.29, 0.717) is 17.8 Å². The van der Waals surface area contributed by atoms with Gasteiger partial charge in [0.1, 0.15) is 6.61 Å². The molecule has 0 saturated heterocycles. The Bertz CT molecular complexity index is 637. The maximum atomic E-state index is 12.4. The Balaban J connectivity index is 1.43. The first-order valence-corrected chi connectivity index (χ1v) is 9.71. The normalized spacial score (nSPS) is 32.8. The first-order valence-electron chi connectivity index (χ1n) is 9.71. The van der Waals surface area contributed by atoms with E-state index in [9.17, 15) is 14.7 Å². The summed E-state index contributed by atoms with van der Waals surface area (Å²) in [7, 11) is 0. The summed E-state index contributed by atoms with van der Waals surface area (Å²) in [6, 6.07) is 9.19. The second-order valence-corrected chi connectivity index (χ2v) is 8.64. The van der Waals surface area contributed by atoms with Gasteiger partial charge in [0, 0.05) is 6.04 Å². The SMILES string of the molecule is O=C(O)CC(NC(=O)OCc1ccccc1)C12CC3CC(CC(C3)C1)C2. The molecule has 1 unspecified atom stereocenters. The van der Waals surface area contributed by atoms with Crippen LogP contribution < -0.4 is 5.32 Å². The van der Waals surface area contributed by atoms with Gasteiger partial charge in [0.2, 0.25) is 0 Å². The highest BCUT2D eigenvalue weighted by Crippen LogP contribution is 2.61. The Labute approximate surface area is 154 Å². The van der Waals surface area contributed by atoms with Crippen molar-refractivity contribution in [2.75, 3.05) is 0 Å². The van der Waals surface area contributed by atoms with Gasteiger partial charge in [-0.05, 0) is 67.3 Å². The highest BCUT2D eigenvalue weighted by atomic mass is 16.5. The average Bonchev–Trinajstić information content (AvgIpc) is 2.59. The van der Waals surface area contributed by atoms with Crippen LogP contribution in [0.5, 0.6) is 0 Å². The van der Waals surface area contributed by atoms with E-state index in [1.54, 1.807) is 0 Å². The number of hydrogen-bond acceptors (Lipinski definition) is 3. The number of benzene rings is 1. The maximum Gasteiger partial charge on any atom is 0.407 e. The molecule has 5 heteroatoms. The second-order valence-electron chi connectivity index (χ2n) is 8.64. The van der Waals surface area contributed by atoms with E-state index in [0.717, 1.165) is 24.8 Å². The molecule has 0 spiro atoms. The van der Waals surface area contributed by atoms with Crippen molar-refractivity contribution in [3.05, 3.63) is 35.9 Å². The molecule has 1 aromatic carbocycles. The number of rotatable bonds is 6. The van der Waals surface area contributed by atoms with Crippen LogP contribution in [-0.4, -0.2) is 23.2 Å². The molecule has 1 atom stereocenters. The van der Waals surface area contributed by atoms with Gasteiger partial charge in [0.15, 0.2) is 0 Å². The number of alkyl carbamates (subject to hydrolysis) is 1. The summed E-state index contributed by atoms with van der Waals surface area (Å²) in [6.07, 6.45) is 6.50. The third-order valence-electron chi connectivity index (χ3n) is 6.71. The van der Waals surface area contributed by atoms with Gasteiger partial charge < -0.3 is 15.2 Å². The molecule has 0 radical (unpaired) electrons. The molecule has 4 aliphatic carbocycles. The monoisotopic (exact) mass is 357 g/mol. The number of carboxylic acid groups (broad SMARTS) is 1. The molecule has 0 heterocycles. The smallest absolute Gasteiger partial charge is 0.407 e. The van der Waals surface area contributed by atoms with Gasteiger partial charge >= 0.3 is 12.1 Å². The molecular weight excluding hydrogens is 330 g/mol. The molecule has 2 N–H and O–H groups in total. The third kappa shape index (κ3) is 3.57. The van der Waals surface area contributed by atoms with Crippen molar-refractivity contribution in [2.45, 2.75) is 57.6 Å². The Morgan fingerprint density at radius 1 is 1.08 bits per heavy atom. The van der Waals surface area contributed by atoms with Crippen LogP contribution >= 0.6 is 0 Å². The van der Waals surface area contributed by atoms with Crippen LogP contribution in [0.3, 0.4) is 0 Å². The maximum absolute atomic E-state index is 12.4. The van der Waals surface area contributed by atoms with Crippen molar-refractivity contribution in [2.24, 2.45) is 23.2 Å². The zero-order valence-corrected chi connectivity index (χ0v) is 15.0. The van der Waals surface area contributed by atoms with E-state index in [2.05, 4.69) is 5.32 Å². The Morgan fingerprint density at radius 2 is 1.65 bits per heavy atom. The molecule has 4 saturated carbocycles. The van der Waals surface area contributed by atoms with Crippen LogP contribution in [0.15, 0.2) is 30.3 Å².